The van der Waals surface area contributed by atoms with Crippen molar-refractivity contribution in [1.29, 1.82) is 0 Å². The van der Waals surface area contributed by atoms with Crippen molar-refractivity contribution in [2.45, 2.75) is 19.1 Å². The first-order valence-corrected chi connectivity index (χ1v) is 9.61. The zero-order valence-electron chi connectivity index (χ0n) is 16.8. The van der Waals surface area contributed by atoms with Crippen molar-refractivity contribution in [3.05, 3.63) is 83.0 Å². The Morgan fingerprint density at radius 2 is 1.39 bits per heavy atom. The number of halogens is 4. The number of hydrogen-bond donors (Lipinski definition) is 1. The maximum absolute atomic E-state index is 13.4. The fraction of sp³-hybridized carbons (Fsp3) is 0.333. The van der Waals surface area contributed by atoms with Crippen LogP contribution in [0.25, 0.3) is 0 Å². The largest absolute Gasteiger partial charge is 0.338 e. The number of rotatable bonds is 6. The number of nitrogens with two attached hydrogens (primary N) is 1. The number of aromatic nitrogens is 2. The summed E-state index contributed by atoms with van der Waals surface area (Å²) in [5.74, 6) is 0.528. The lowest BCUT2D eigenvalue weighted by molar-refractivity contribution is 0.102. The van der Waals surface area contributed by atoms with E-state index in [9.17, 15) is 8.78 Å². The van der Waals surface area contributed by atoms with E-state index in [0.29, 0.717) is 18.3 Å². The van der Waals surface area contributed by atoms with Gasteiger partial charge >= 0.3 is 0 Å². The fourth-order valence-electron chi connectivity index (χ4n) is 3.72. The minimum atomic E-state index is -0.270. The molecule has 2 N–H and O–H groups in total. The van der Waals surface area contributed by atoms with Crippen LogP contribution >= 0.6 is 24.8 Å². The number of piperazine rings is 1. The average molecular weight is 472 g/mol. The van der Waals surface area contributed by atoms with Gasteiger partial charge in [-0.15, -0.1) is 24.8 Å². The van der Waals surface area contributed by atoms with Gasteiger partial charge in [0, 0.05) is 26.2 Å². The zero-order chi connectivity index (χ0) is 20.2. The molecule has 0 spiro atoms. The van der Waals surface area contributed by atoms with Crippen molar-refractivity contribution >= 4 is 24.8 Å². The van der Waals surface area contributed by atoms with Crippen molar-refractivity contribution in [1.82, 2.24) is 19.9 Å². The number of nitrogens with zero attached hydrogens (tertiary/aromatic N) is 4. The Hall–Kier alpha value is -2.10. The van der Waals surface area contributed by atoms with Crippen molar-refractivity contribution < 1.29 is 13.3 Å². The monoisotopic (exact) mass is 471 g/mol. The molecule has 0 saturated carbocycles. The molecule has 0 bridgehead atoms. The van der Waals surface area contributed by atoms with E-state index >= 15 is 0 Å². The van der Waals surface area contributed by atoms with E-state index in [4.69, 9.17) is 10.3 Å². The van der Waals surface area contributed by atoms with Crippen LogP contribution < -0.4 is 5.73 Å². The second kappa shape index (κ2) is 11.5. The van der Waals surface area contributed by atoms with Gasteiger partial charge in [-0.05, 0) is 35.4 Å². The van der Waals surface area contributed by atoms with Gasteiger partial charge in [0.15, 0.2) is 5.82 Å². The fourth-order valence-corrected chi connectivity index (χ4v) is 3.72. The topological polar surface area (TPSA) is 71.4 Å². The summed E-state index contributed by atoms with van der Waals surface area (Å²) >= 11 is 0. The summed E-state index contributed by atoms with van der Waals surface area (Å²) in [6.45, 7) is 4.10. The first-order valence-electron chi connectivity index (χ1n) is 9.61. The minimum Gasteiger partial charge on any atom is -0.338 e. The molecule has 0 atom stereocenters. The smallest absolute Gasteiger partial charge is 0.240 e. The van der Waals surface area contributed by atoms with Gasteiger partial charge in [-0.25, -0.2) is 8.78 Å². The quantitative estimate of drug-likeness (QED) is 0.592. The summed E-state index contributed by atoms with van der Waals surface area (Å²) in [6, 6.07) is 13.0. The van der Waals surface area contributed by atoms with Crippen LogP contribution in [0.15, 0.2) is 53.1 Å². The van der Waals surface area contributed by atoms with Crippen LogP contribution in [-0.4, -0.2) is 46.1 Å². The number of benzene rings is 2. The lowest BCUT2D eigenvalue weighted by Crippen LogP contribution is -2.47. The summed E-state index contributed by atoms with van der Waals surface area (Å²) in [5, 5.41) is 3.95. The highest BCUT2D eigenvalue weighted by Crippen LogP contribution is 2.30. The summed E-state index contributed by atoms with van der Waals surface area (Å²) in [7, 11) is 0. The molecule has 1 fully saturated rings. The lowest BCUT2D eigenvalue weighted by atomic mass is 9.96. The first kappa shape index (κ1) is 25.2. The van der Waals surface area contributed by atoms with Crippen LogP contribution in [0.2, 0.25) is 0 Å². The molecule has 0 amide bonds. The van der Waals surface area contributed by atoms with Gasteiger partial charge in [0.25, 0.3) is 0 Å². The molecular weight excluding hydrogens is 447 g/mol. The number of hydrogen-bond acceptors (Lipinski definition) is 6. The van der Waals surface area contributed by atoms with Crippen molar-refractivity contribution in [2.24, 2.45) is 5.73 Å². The van der Waals surface area contributed by atoms with Crippen LogP contribution in [0.5, 0.6) is 0 Å². The molecule has 3 aromatic rings. The highest BCUT2D eigenvalue weighted by molar-refractivity contribution is 5.85. The Morgan fingerprint density at radius 1 is 0.871 bits per heavy atom. The molecule has 2 aromatic carbocycles. The predicted octanol–water partition coefficient (Wildman–Crippen LogP) is 3.56. The van der Waals surface area contributed by atoms with E-state index in [0.717, 1.165) is 37.3 Å². The normalized spacial score (nSPS) is 14.8. The standard InChI is InChI=1S/C21H23F2N5O.2ClH/c22-17-5-1-15(2-6-17)21(16-3-7-18(23)8-4-16)28-11-9-27(10-12-28)14-19-25-20(13-24)29-26-19;;/h1-8,21H,9-14,24H2;2*1H. The van der Waals surface area contributed by atoms with E-state index in [1.165, 1.54) is 24.3 Å². The maximum atomic E-state index is 13.4. The van der Waals surface area contributed by atoms with E-state index in [1.807, 2.05) is 0 Å². The van der Waals surface area contributed by atoms with Crippen LogP contribution in [0.1, 0.15) is 28.9 Å². The van der Waals surface area contributed by atoms with Crippen LogP contribution in [0, 0.1) is 11.6 Å². The van der Waals surface area contributed by atoms with Gasteiger partial charge in [-0.3, -0.25) is 9.80 Å². The maximum Gasteiger partial charge on any atom is 0.240 e. The van der Waals surface area contributed by atoms with Gasteiger partial charge in [0.05, 0.1) is 19.1 Å². The van der Waals surface area contributed by atoms with Crippen LogP contribution in [-0.2, 0) is 13.1 Å². The molecule has 31 heavy (non-hydrogen) atoms. The van der Waals surface area contributed by atoms with Gasteiger partial charge < -0.3 is 10.3 Å². The van der Waals surface area contributed by atoms with Gasteiger partial charge in [0.1, 0.15) is 11.6 Å². The van der Waals surface area contributed by atoms with E-state index < -0.39 is 0 Å². The molecule has 6 nitrogen and oxygen atoms in total. The molecular formula is C21H25Cl2F2N5O. The molecule has 0 aliphatic carbocycles. The van der Waals surface area contributed by atoms with E-state index in [2.05, 4.69) is 19.9 Å². The zero-order valence-corrected chi connectivity index (χ0v) is 18.4. The predicted molar refractivity (Wildman–Crippen MR) is 118 cm³/mol. The first-order chi connectivity index (χ1) is 14.1. The molecule has 0 radical (unpaired) electrons. The lowest BCUT2D eigenvalue weighted by Gasteiger charge is -2.39. The van der Waals surface area contributed by atoms with Crippen LogP contribution in [0.3, 0.4) is 0 Å². The Kier molecular flexibility index (Phi) is 9.33. The second-order valence-corrected chi connectivity index (χ2v) is 7.13. The Balaban J connectivity index is 0.00000171. The highest BCUT2D eigenvalue weighted by atomic mass is 35.5. The molecule has 1 saturated heterocycles. The molecule has 1 aromatic heterocycles. The third-order valence-corrected chi connectivity index (χ3v) is 5.19. The van der Waals surface area contributed by atoms with Crippen LogP contribution in [0.4, 0.5) is 8.78 Å². The molecule has 0 unspecified atom stereocenters. The Bertz CT molecular complexity index is 886. The van der Waals surface area contributed by atoms with Gasteiger partial charge in [-0.2, -0.15) is 4.98 Å². The third kappa shape index (κ3) is 6.21. The minimum absolute atomic E-state index is 0. The summed E-state index contributed by atoms with van der Waals surface area (Å²) in [6.07, 6.45) is 0. The summed E-state index contributed by atoms with van der Waals surface area (Å²) < 4.78 is 31.9. The third-order valence-electron chi connectivity index (χ3n) is 5.19. The molecule has 10 heteroatoms. The SMILES string of the molecule is Cl.Cl.NCc1nc(CN2CCN(C(c3ccc(F)cc3)c3ccc(F)cc3)CC2)no1. The molecule has 1 aliphatic rings. The highest BCUT2D eigenvalue weighted by Gasteiger charge is 2.27. The van der Waals surface area contributed by atoms with Gasteiger partial charge in [0.2, 0.25) is 5.89 Å². The molecule has 168 valence electrons. The van der Waals surface area contributed by atoms with Crippen molar-refractivity contribution in [3.63, 3.8) is 0 Å². The Labute approximate surface area is 192 Å². The molecule has 2 heterocycles. The van der Waals surface area contributed by atoms with E-state index in [1.54, 1.807) is 24.3 Å². The van der Waals surface area contributed by atoms with Crippen molar-refractivity contribution in [3.8, 4) is 0 Å². The average Bonchev–Trinajstić information content (AvgIpc) is 3.20. The van der Waals surface area contributed by atoms with E-state index in [-0.39, 0.29) is 49.0 Å². The molecule has 4 rings (SSSR count). The summed E-state index contributed by atoms with van der Waals surface area (Å²) in [4.78, 5) is 8.85. The Morgan fingerprint density at radius 3 is 1.84 bits per heavy atom. The van der Waals surface area contributed by atoms with Crippen molar-refractivity contribution in [2.75, 3.05) is 26.2 Å². The summed E-state index contributed by atoms with van der Waals surface area (Å²) in [5.41, 5.74) is 7.48. The molecule has 1 aliphatic heterocycles. The second-order valence-electron chi connectivity index (χ2n) is 7.13. The van der Waals surface area contributed by atoms with Gasteiger partial charge in [-0.1, -0.05) is 29.4 Å².